The largest absolute Gasteiger partial charge is 0.412 e. The zero-order valence-electron chi connectivity index (χ0n) is 15.1. The van der Waals surface area contributed by atoms with Gasteiger partial charge in [0.15, 0.2) is 0 Å². The maximum absolute atomic E-state index is 3.78. The molecule has 0 unspecified atom stereocenters. The standard InChI is InChI=1S/4C5H5N.3BrH.H2O/c4*1-2-4-6-5-3-1;;;;/h4*1-5H;3*1H;1H2. The lowest BCUT2D eigenvalue weighted by molar-refractivity contribution is 0.824. The van der Waals surface area contributed by atoms with E-state index in [-0.39, 0.29) is 56.4 Å². The summed E-state index contributed by atoms with van der Waals surface area (Å²) >= 11 is 0. The molecule has 4 rings (SSSR count). The Labute approximate surface area is 198 Å². The fourth-order valence-electron chi connectivity index (χ4n) is 1.25. The summed E-state index contributed by atoms with van der Waals surface area (Å²) < 4.78 is 0. The Kier molecular flexibility index (Phi) is 35.7. The highest BCUT2D eigenvalue weighted by atomic mass is 79.9. The van der Waals surface area contributed by atoms with E-state index in [9.17, 15) is 0 Å². The van der Waals surface area contributed by atoms with Crippen molar-refractivity contribution in [1.29, 1.82) is 0 Å². The molecular formula is C20H25Br3N4O. The summed E-state index contributed by atoms with van der Waals surface area (Å²) in [6.07, 6.45) is 14.0. The molecular weight excluding hydrogens is 552 g/mol. The third-order valence-electron chi connectivity index (χ3n) is 2.27. The van der Waals surface area contributed by atoms with Crippen LogP contribution in [-0.4, -0.2) is 25.4 Å². The molecule has 8 heteroatoms. The summed E-state index contributed by atoms with van der Waals surface area (Å²) in [7, 11) is 0. The van der Waals surface area contributed by atoms with Crippen LogP contribution >= 0.6 is 50.9 Å². The van der Waals surface area contributed by atoms with Crippen molar-refractivity contribution in [2.75, 3.05) is 0 Å². The summed E-state index contributed by atoms with van der Waals surface area (Å²) in [4.78, 5) is 15.1. The van der Waals surface area contributed by atoms with Crippen LogP contribution in [0.15, 0.2) is 122 Å². The second-order valence-electron chi connectivity index (χ2n) is 4.10. The first-order valence-electron chi connectivity index (χ1n) is 7.40. The van der Waals surface area contributed by atoms with Crippen LogP contribution in [0.3, 0.4) is 0 Å². The van der Waals surface area contributed by atoms with Gasteiger partial charge in [0.25, 0.3) is 0 Å². The summed E-state index contributed by atoms with van der Waals surface area (Å²) in [6.45, 7) is 0. The molecule has 4 aromatic heterocycles. The van der Waals surface area contributed by atoms with Crippen LogP contribution in [0, 0.1) is 0 Å². The fourth-order valence-corrected chi connectivity index (χ4v) is 1.25. The smallest absolute Gasteiger partial charge is 0.0267 e. The lowest BCUT2D eigenvalue weighted by atomic mass is 10.5. The zero-order valence-corrected chi connectivity index (χ0v) is 20.2. The van der Waals surface area contributed by atoms with Gasteiger partial charge in [-0.3, -0.25) is 19.9 Å². The Morgan fingerprint density at radius 3 is 0.429 bits per heavy atom. The Hall–Kier alpha value is -2.00. The Bertz CT molecular complexity index is 449. The first-order valence-corrected chi connectivity index (χ1v) is 7.40. The molecule has 0 atom stereocenters. The van der Waals surface area contributed by atoms with Gasteiger partial charge in [0.2, 0.25) is 0 Å². The van der Waals surface area contributed by atoms with Crippen LogP contribution < -0.4 is 0 Å². The molecule has 0 fully saturated rings. The molecule has 0 spiro atoms. The average Bonchev–Trinajstić information content (AvgIpc) is 2.75. The van der Waals surface area contributed by atoms with Gasteiger partial charge in [0, 0.05) is 49.6 Å². The minimum Gasteiger partial charge on any atom is -0.412 e. The maximum atomic E-state index is 3.78. The molecule has 4 aromatic rings. The second-order valence-corrected chi connectivity index (χ2v) is 4.10. The van der Waals surface area contributed by atoms with Crippen molar-refractivity contribution in [3.8, 4) is 0 Å². The fraction of sp³-hybridized carbons (Fsp3) is 0. The summed E-state index contributed by atoms with van der Waals surface area (Å²) in [5.74, 6) is 0. The topological polar surface area (TPSA) is 83.1 Å². The van der Waals surface area contributed by atoms with Crippen molar-refractivity contribution in [2.24, 2.45) is 0 Å². The summed E-state index contributed by atoms with van der Waals surface area (Å²) in [5.41, 5.74) is 0. The van der Waals surface area contributed by atoms with Crippen LogP contribution in [0.2, 0.25) is 0 Å². The third-order valence-corrected chi connectivity index (χ3v) is 2.27. The highest BCUT2D eigenvalue weighted by Crippen LogP contribution is 1.75. The van der Waals surface area contributed by atoms with E-state index in [2.05, 4.69) is 19.9 Å². The molecule has 28 heavy (non-hydrogen) atoms. The zero-order chi connectivity index (χ0) is 17.0. The quantitative estimate of drug-likeness (QED) is 0.287. The number of aromatic nitrogens is 4. The van der Waals surface area contributed by atoms with E-state index in [1.165, 1.54) is 0 Å². The highest BCUT2D eigenvalue weighted by Gasteiger charge is 1.60. The molecule has 4 heterocycles. The molecule has 0 saturated carbocycles. The highest BCUT2D eigenvalue weighted by molar-refractivity contribution is 8.93. The normalized spacial score (nSPS) is 6.86. The SMILES string of the molecule is Br.Br.Br.O.c1ccncc1.c1ccncc1.c1ccncc1.c1ccncc1. The van der Waals surface area contributed by atoms with E-state index in [1.54, 1.807) is 49.6 Å². The van der Waals surface area contributed by atoms with E-state index < -0.39 is 0 Å². The molecule has 0 bridgehead atoms. The molecule has 2 N–H and O–H groups in total. The van der Waals surface area contributed by atoms with Crippen molar-refractivity contribution in [3.05, 3.63) is 122 Å². The third kappa shape index (κ3) is 26.2. The van der Waals surface area contributed by atoms with E-state index in [0.717, 1.165) is 0 Å². The summed E-state index contributed by atoms with van der Waals surface area (Å²) in [5, 5.41) is 0. The Balaban J connectivity index is -0.000000131. The first kappa shape index (κ1) is 33.6. The van der Waals surface area contributed by atoms with Crippen LogP contribution in [-0.2, 0) is 0 Å². The lowest BCUT2D eigenvalue weighted by Crippen LogP contribution is -1.58. The van der Waals surface area contributed by atoms with E-state index in [0.29, 0.717) is 0 Å². The molecule has 152 valence electrons. The van der Waals surface area contributed by atoms with Gasteiger partial charge in [-0.2, -0.15) is 0 Å². The van der Waals surface area contributed by atoms with Crippen LogP contribution in [0.1, 0.15) is 0 Å². The van der Waals surface area contributed by atoms with Crippen molar-refractivity contribution in [2.45, 2.75) is 0 Å². The monoisotopic (exact) mass is 574 g/mol. The maximum Gasteiger partial charge on any atom is 0.0267 e. The number of nitrogens with zero attached hydrogens (tertiary/aromatic N) is 4. The van der Waals surface area contributed by atoms with E-state index in [4.69, 9.17) is 0 Å². The van der Waals surface area contributed by atoms with Gasteiger partial charge in [-0.1, -0.05) is 24.3 Å². The Morgan fingerprint density at radius 1 is 0.250 bits per heavy atom. The number of hydrogen-bond donors (Lipinski definition) is 0. The number of halogens is 3. The van der Waals surface area contributed by atoms with Gasteiger partial charge in [0.05, 0.1) is 0 Å². The molecule has 0 aromatic carbocycles. The molecule has 0 aliphatic carbocycles. The van der Waals surface area contributed by atoms with E-state index >= 15 is 0 Å². The first-order chi connectivity index (χ1) is 12.0. The minimum atomic E-state index is 0. The number of rotatable bonds is 0. The van der Waals surface area contributed by atoms with Crippen molar-refractivity contribution >= 4 is 50.9 Å². The molecule has 0 aliphatic heterocycles. The average molecular weight is 577 g/mol. The number of hydrogen-bond acceptors (Lipinski definition) is 4. The van der Waals surface area contributed by atoms with Crippen molar-refractivity contribution in [3.63, 3.8) is 0 Å². The van der Waals surface area contributed by atoms with Crippen molar-refractivity contribution < 1.29 is 5.48 Å². The molecule has 0 aliphatic rings. The lowest BCUT2D eigenvalue weighted by Gasteiger charge is -1.70. The van der Waals surface area contributed by atoms with Gasteiger partial charge < -0.3 is 5.48 Å². The second kappa shape index (κ2) is 29.8. The Morgan fingerprint density at radius 2 is 0.393 bits per heavy atom. The summed E-state index contributed by atoms with van der Waals surface area (Å²) in [6, 6.07) is 22.9. The molecule has 5 nitrogen and oxygen atoms in total. The molecule has 0 amide bonds. The van der Waals surface area contributed by atoms with Gasteiger partial charge in [-0.15, -0.1) is 50.9 Å². The van der Waals surface area contributed by atoms with E-state index in [1.807, 2.05) is 72.8 Å². The predicted octanol–water partition coefficient (Wildman–Crippen LogP) is 5.24. The van der Waals surface area contributed by atoms with Crippen LogP contribution in [0.4, 0.5) is 0 Å². The number of pyridine rings is 4. The van der Waals surface area contributed by atoms with Gasteiger partial charge in [-0.25, -0.2) is 0 Å². The van der Waals surface area contributed by atoms with Crippen LogP contribution in [0.5, 0.6) is 0 Å². The van der Waals surface area contributed by atoms with Crippen LogP contribution in [0.25, 0.3) is 0 Å². The predicted molar refractivity (Wildman–Crippen MR) is 132 cm³/mol. The van der Waals surface area contributed by atoms with Gasteiger partial charge in [-0.05, 0) is 48.5 Å². The molecule has 0 radical (unpaired) electrons. The van der Waals surface area contributed by atoms with Gasteiger partial charge >= 0.3 is 0 Å². The molecule has 0 saturated heterocycles. The van der Waals surface area contributed by atoms with Crippen molar-refractivity contribution in [1.82, 2.24) is 19.9 Å². The minimum absolute atomic E-state index is 0. The van der Waals surface area contributed by atoms with Gasteiger partial charge in [0.1, 0.15) is 0 Å².